The van der Waals surface area contributed by atoms with Gasteiger partial charge in [-0.2, -0.15) is 5.21 Å². The largest absolute Gasteiger partial charge is 0.306 e. The summed E-state index contributed by atoms with van der Waals surface area (Å²) in [7, 11) is 0. The van der Waals surface area contributed by atoms with Gasteiger partial charge in [-0.05, 0) is 29.9 Å². The van der Waals surface area contributed by atoms with Gasteiger partial charge in [0.15, 0.2) is 5.82 Å². The molecular weight excluding hydrogens is 214 g/mol. The molecule has 17 heavy (non-hydrogen) atoms. The van der Waals surface area contributed by atoms with Crippen LogP contribution in [0.1, 0.15) is 35.7 Å². The average molecular weight is 229 g/mol. The zero-order chi connectivity index (χ0) is 11.5. The zero-order valence-corrected chi connectivity index (χ0v) is 9.56. The van der Waals surface area contributed by atoms with Crippen LogP contribution in [0.5, 0.6) is 0 Å². The maximum atomic E-state index is 3.88. The summed E-state index contributed by atoms with van der Waals surface area (Å²) in [6.45, 7) is 1.47. The van der Waals surface area contributed by atoms with E-state index < -0.39 is 0 Å². The third-order valence-corrected chi connectivity index (χ3v) is 3.03. The van der Waals surface area contributed by atoms with Gasteiger partial charge in [0.05, 0.1) is 6.54 Å². The van der Waals surface area contributed by atoms with E-state index >= 15 is 0 Å². The van der Waals surface area contributed by atoms with E-state index in [1.807, 2.05) is 0 Å². The first-order valence-electron chi connectivity index (χ1n) is 5.94. The van der Waals surface area contributed by atoms with Crippen molar-refractivity contribution < 1.29 is 0 Å². The van der Waals surface area contributed by atoms with Gasteiger partial charge in [-0.1, -0.05) is 29.5 Å². The Morgan fingerprint density at radius 2 is 2.00 bits per heavy atom. The monoisotopic (exact) mass is 229 g/mol. The van der Waals surface area contributed by atoms with Crippen molar-refractivity contribution in [1.82, 2.24) is 25.9 Å². The number of nitrogens with one attached hydrogen (secondary N) is 2. The van der Waals surface area contributed by atoms with Gasteiger partial charge in [-0.25, -0.2) is 0 Å². The molecule has 5 nitrogen and oxygen atoms in total. The molecular formula is C12H15N5. The molecule has 0 spiro atoms. The van der Waals surface area contributed by atoms with Crippen molar-refractivity contribution in [2.45, 2.75) is 31.8 Å². The van der Waals surface area contributed by atoms with E-state index in [0.29, 0.717) is 12.4 Å². The molecule has 2 aromatic rings. The number of nitrogens with zero attached hydrogens (tertiary/aromatic N) is 3. The number of aromatic amines is 1. The first kappa shape index (κ1) is 10.4. The predicted octanol–water partition coefficient (Wildman–Crippen LogP) is 1.37. The van der Waals surface area contributed by atoms with Crippen LogP contribution in [0.25, 0.3) is 0 Å². The second kappa shape index (κ2) is 4.63. The molecule has 0 radical (unpaired) electrons. The Bertz CT molecular complexity index is 458. The molecule has 88 valence electrons. The van der Waals surface area contributed by atoms with Gasteiger partial charge >= 0.3 is 0 Å². The Labute approximate surface area is 99.6 Å². The Morgan fingerprint density at radius 1 is 1.18 bits per heavy atom. The smallest absolute Gasteiger partial charge is 0.188 e. The highest BCUT2D eigenvalue weighted by Crippen LogP contribution is 2.39. The van der Waals surface area contributed by atoms with E-state index in [1.54, 1.807) is 0 Å². The van der Waals surface area contributed by atoms with E-state index in [-0.39, 0.29) is 0 Å². The van der Waals surface area contributed by atoms with Crippen LogP contribution in [0.15, 0.2) is 24.3 Å². The molecule has 1 aromatic heterocycles. The van der Waals surface area contributed by atoms with Gasteiger partial charge in [0, 0.05) is 6.54 Å². The molecule has 0 atom stereocenters. The van der Waals surface area contributed by atoms with E-state index in [1.165, 1.54) is 24.0 Å². The molecule has 0 aliphatic heterocycles. The standard InChI is InChI=1S/C12H15N5/c1-3-10(11-5-6-11)4-2-9(1)7-13-8-12-14-16-17-15-12/h1-4,11,13H,5-8H2,(H,14,15,16,17). The van der Waals surface area contributed by atoms with Crippen molar-refractivity contribution in [3.8, 4) is 0 Å². The number of hydrogen-bond acceptors (Lipinski definition) is 4. The number of H-pyrrole nitrogens is 1. The molecule has 0 unspecified atom stereocenters. The van der Waals surface area contributed by atoms with Gasteiger partial charge in [-0.15, -0.1) is 10.2 Å². The fourth-order valence-electron chi connectivity index (χ4n) is 1.90. The van der Waals surface area contributed by atoms with Crippen molar-refractivity contribution in [3.63, 3.8) is 0 Å². The van der Waals surface area contributed by atoms with Gasteiger partial charge in [0.1, 0.15) is 0 Å². The van der Waals surface area contributed by atoms with Gasteiger partial charge in [-0.3, -0.25) is 0 Å². The van der Waals surface area contributed by atoms with Crippen LogP contribution < -0.4 is 5.32 Å². The molecule has 1 fully saturated rings. The summed E-state index contributed by atoms with van der Waals surface area (Å²) < 4.78 is 0. The van der Waals surface area contributed by atoms with Gasteiger partial charge < -0.3 is 5.32 Å². The van der Waals surface area contributed by atoms with Crippen LogP contribution in [0.3, 0.4) is 0 Å². The summed E-state index contributed by atoms with van der Waals surface area (Å²) in [4.78, 5) is 0. The summed E-state index contributed by atoms with van der Waals surface area (Å²) in [6, 6.07) is 8.86. The van der Waals surface area contributed by atoms with Crippen molar-refractivity contribution in [2.24, 2.45) is 0 Å². The SMILES string of the molecule is c1cc(C2CC2)ccc1CNCc1nn[nH]n1. The minimum Gasteiger partial charge on any atom is -0.306 e. The third-order valence-electron chi connectivity index (χ3n) is 3.03. The second-order valence-corrected chi connectivity index (χ2v) is 4.45. The first-order valence-corrected chi connectivity index (χ1v) is 5.94. The number of aromatic nitrogens is 4. The molecule has 1 heterocycles. The van der Waals surface area contributed by atoms with Gasteiger partial charge in [0.25, 0.3) is 0 Å². The minimum absolute atomic E-state index is 0.640. The Balaban J connectivity index is 1.51. The Hall–Kier alpha value is -1.75. The lowest BCUT2D eigenvalue weighted by molar-refractivity contribution is 0.663. The second-order valence-electron chi connectivity index (χ2n) is 4.45. The maximum Gasteiger partial charge on any atom is 0.188 e. The molecule has 1 aliphatic carbocycles. The molecule has 5 heteroatoms. The van der Waals surface area contributed by atoms with Crippen LogP contribution in [-0.2, 0) is 13.1 Å². The summed E-state index contributed by atoms with van der Waals surface area (Å²) in [5.74, 6) is 1.52. The van der Waals surface area contributed by atoms with E-state index in [9.17, 15) is 0 Å². The van der Waals surface area contributed by atoms with Crippen LogP contribution >= 0.6 is 0 Å². The third kappa shape index (κ3) is 2.68. The summed E-state index contributed by atoms with van der Waals surface area (Å²) >= 11 is 0. The van der Waals surface area contributed by atoms with Crippen molar-refractivity contribution >= 4 is 0 Å². The van der Waals surface area contributed by atoms with Crippen LogP contribution in [0.4, 0.5) is 0 Å². The number of hydrogen-bond donors (Lipinski definition) is 2. The molecule has 2 N–H and O–H groups in total. The summed E-state index contributed by atoms with van der Waals surface area (Å²) in [6.07, 6.45) is 2.71. The molecule has 1 saturated carbocycles. The summed E-state index contributed by atoms with van der Waals surface area (Å²) in [5.41, 5.74) is 2.77. The number of benzene rings is 1. The van der Waals surface area contributed by atoms with Crippen LogP contribution in [0.2, 0.25) is 0 Å². The van der Waals surface area contributed by atoms with E-state index in [2.05, 4.69) is 50.2 Å². The molecule has 0 bridgehead atoms. The Morgan fingerprint density at radius 3 is 2.65 bits per heavy atom. The number of rotatable bonds is 5. The van der Waals surface area contributed by atoms with Crippen LogP contribution in [-0.4, -0.2) is 20.6 Å². The molecule has 0 saturated heterocycles. The molecule has 1 aliphatic rings. The molecule has 0 amide bonds. The van der Waals surface area contributed by atoms with Crippen molar-refractivity contribution in [3.05, 3.63) is 41.2 Å². The average Bonchev–Trinajstić information content (AvgIpc) is 3.08. The van der Waals surface area contributed by atoms with E-state index in [0.717, 1.165) is 12.5 Å². The lowest BCUT2D eigenvalue weighted by atomic mass is 10.1. The van der Waals surface area contributed by atoms with Gasteiger partial charge in [0.2, 0.25) is 0 Å². The normalized spacial score (nSPS) is 15.1. The first-order chi connectivity index (χ1) is 8.42. The molecule has 3 rings (SSSR count). The highest BCUT2D eigenvalue weighted by atomic mass is 15.5. The molecule has 1 aromatic carbocycles. The highest BCUT2D eigenvalue weighted by molar-refractivity contribution is 5.27. The van der Waals surface area contributed by atoms with Crippen LogP contribution in [0, 0.1) is 0 Å². The maximum absolute atomic E-state index is 3.88. The highest BCUT2D eigenvalue weighted by Gasteiger charge is 2.22. The Kier molecular flexibility index (Phi) is 2.83. The van der Waals surface area contributed by atoms with Crippen molar-refractivity contribution in [1.29, 1.82) is 0 Å². The quantitative estimate of drug-likeness (QED) is 0.812. The fourth-order valence-corrected chi connectivity index (χ4v) is 1.90. The predicted molar refractivity (Wildman–Crippen MR) is 63.1 cm³/mol. The fraction of sp³-hybridized carbons (Fsp3) is 0.417. The topological polar surface area (TPSA) is 66.5 Å². The zero-order valence-electron chi connectivity index (χ0n) is 9.56. The summed E-state index contributed by atoms with van der Waals surface area (Å²) in [5, 5.41) is 17.0. The van der Waals surface area contributed by atoms with E-state index in [4.69, 9.17) is 0 Å². The number of tetrazole rings is 1. The lowest BCUT2D eigenvalue weighted by Crippen LogP contribution is -2.13. The van der Waals surface area contributed by atoms with Crippen molar-refractivity contribution in [2.75, 3.05) is 0 Å². The lowest BCUT2D eigenvalue weighted by Gasteiger charge is -2.04. The minimum atomic E-state index is 0.640.